The summed E-state index contributed by atoms with van der Waals surface area (Å²) in [4.78, 5) is 0.963. The first-order chi connectivity index (χ1) is 7.26. The summed E-state index contributed by atoms with van der Waals surface area (Å²) in [6.45, 7) is 0.529. The molecule has 0 spiro atoms. The van der Waals surface area contributed by atoms with Crippen molar-refractivity contribution in [1.29, 1.82) is 5.26 Å². The van der Waals surface area contributed by atoms with Gasteiger partial charge in [0, 0.05) is 19.1 Å². The van der Waals surface area contributed by atoms with Crippen molar-refractivity contribution in [3.63, 3.8) is 0 Å². The number of methoxy groups -OCH3 is 2. The lowest BCUT2D eigenvalue weighted by atomic mass is 10.2. The molecule has 1 rings (SSSR count). The van der Waals surface area contributed by atoms with E-state index in [-0.39, 0.29) is 0 Å². The van der Waals surface area contributed by atoms with E-state index in [2.05, 4.69) is 11.4 Å². The molecular formula is C10H14N2O2S. The Kier molecular flexibility index (Phi) is 4.69. The molecule has 0 fully saturated rings. The molecule has 0 bridgehead atoms. The first kappa shape index (κ1) is 12.1. The molecule has 0 saturated carbocycles. The number of nitrogens with one attached hydrogen (secondary N) is 1. The molecule has 0 saturated heterocycles. The topological polar surface area (TPSA) is 54.3 Å². The Morgan fingerprint density at radius 1 is 1.53 bits per heavy atom. The second-order valence-corrected chi connectivity index (χ2v) is 3.76. The summed E-state index contributed by atoms with van der Waals surface area (Å²) in [6.07, 6.45) is 3.44. The fourth-order valence-corrected chi connectivity index (χ4v) is 1.94. The molecule has 1 aliphatic heterocycles. The summed E-state index contributed by atoms with van der Waals surface area (Å²) in [5, 5.41) is 12.0. The Labute approximate surface area is 93.9 Å². The van der Waals surface area contributed by atoms with Gasteiger partial charge >= 0.3 is 0 Å². The van der Waals surface area contributed by atoms with Crippen LogP contribution in [0.25, 0.3) is 0 Å². The molecule has 0 amide bonds. The van der Waals surface area contributed by atoms with Crippen molar-refractivity contribution in [2.45, 2.75) is 6.29 Å². The summed E-state index contributed by atoms with van der Waals surface area (Å²) in [5.74, 6) is 0. The maximum absolute atomic E-state index is 8.88. The molecule has 5 heteroatoms. The van der Waals surface area contributed by atoms with Crippen molar-refractivity contribution in [3.05, 3.63) is 22.3 Å². The zero-order chi connectivity index (χ0) is 11.3. The molecule has 0 aromatic rings. The monoisotopic (exact) mass is 226 g/mol. The molecule has 0 atom stereocenters. The summed E-state index contributed by atoms with van der Waals surface area (Å²) in [7, 11) is 3.16. The standard InChI is InChI=1S/C10H14N2O2S/c1-13-10(14-2)8-4-9(15-3)7(5-11)6-12-8/h4,10,12H,6H2,1-3H3. The van der Waals surface area contributed by atoms with Gasteiger partial charge in [-0.2, -0.15) is 5.26 Å². The van der Waals surface area contributed by atoms with Crippen LogP contribution in [0.1, 0.15) is 0 Å². The second-order valence-electron chi connectivity index (χ2n) is 2.92. The van der Waals surface area contributed by atoms with E-state index in [1.54, 1.807) is 26.0 Å². The molecule has 0 aliphatic carbocycles. The average Bonchev–Trinajstić information content (AvgIpc) is 2.30. The Morgan fingerprint density at radius 2 is 2.20 bits per heavy atom. The van der Waals surface area contributed by atoms with Gasteiger partial charge < -0.3 is 14.8 Å². The number of nitrogens with zero attached hydrogens (tertiary/aromatic N) is 1. The van der Waals surface area contributed by atoms with Crippen molar-refractivity contribution in [2.75, 3.05) is 27.0 Å². The highest BCUT2D eigenvalue weighted by molar-refractivity contribution is 8.02. The molecule has 0 radical (unpaired) electrons. The lowest BCUT2D eigenvalue weighted by Gasteiger charge is -2.23. The zero-order valence-electron chi connectivity index (χ0n) is 9.03. The van der Waals surface area contributed by atoms with E-state index < -0.39 is 6.29 Å². The molecule has 0 unspecified atom stereocenters. The van der Waals surface area contributed by atoms with Crippen LogP contribution >= 0.6 is 11.8 Å². The van der Waals surface area contributed by atoms with E-state index in [0.29, 0.717) is 6.54 Å². The van der Waals surface area contributed by atoms with Crippen LogP contribution in [0.5, 0.6) is 0 Å². The van der Waals surface area contributed by atoms with Gasteiger partial charge in [0.25, 0.3) is 0 Å². The van der Waals surface area contributed by atoms with Crippen molar-refractivity contribution >= 4 is 11.8 Å². The number of allylic oxidation sites excluding steroid dienone is 1. The molecule has 1 heterocycles. The zero-order valence-corrected chi connectivity index (χ0v) is 9.85. The second kappa shape index (κ2) is 5.81. The number of ether oxygens (including phenoxy) is 2. The molecule has 4 nitrogen and oxygen atoms in total. The van der Waals surface area contributed by atoms with Gasteiger partial charge in [-0.05, 0) is 12.3 Å². The normalized spacial score (nSPS) is 16.1. The van der Waals surface area contributed by atoms with Crippen molar-refractivity contribution in [3.8, 4) is 6.07 Å². The Balaban J connectivity index is 2.92. The van der Waals surface area contributed by atoms with Crippen LogP contribution < -0.4 is 5.32 Å². The van der Waals surface area contributed by atoms with E-state index in [9.17, 15) is 0 Å². The Bertz CT molecular complexity index is 327. The minimum atomic E-state index is -0.396. The van der Waals surface area contributed by atoms with Crippen molar-refractivity contribution < 1.29 is 9.47 Å². The first-order valence-electron chi connectivity index (χ1n) is 4.45. The van der Waals surface area contributed by atoms with E-state index in [1.807, 2.05) is 12.3 Å². The van der Waals surface area contributed by atoms with Gasteiger partial charge in [0.2, 0.25) is 0 Å². The number of hydrogen-bond acceptors (Lipinski definition) is 5. The van der Waals surface area contributed by atoms with Crippen molar-refractivity contribution in [2.24, 2.45) is 0 Å². The third kappa shape index (κ3) is 2.75. The smallest absolute Gasteiger partial charge is 0.198 e. The van der Waals surface area contributed by atoms with Gasteiger partial charge in [-0.1, -0.05) is 0 Å². The number of thioether (sulfide) groups is 1. The Morgan fingerprint density at radius 3 is 2.67 bits per heavy atom. The lowest BCUT2D eigenvalue weighted by molar-refractivity contribution is -0.0785. The molecule has 1 N–H and O–H groups in total. The third-order valence-electron chi connectivity index (χ3n) is 2.09. The minimum absolute atomic E-state index is 0.396. The summed E-state index contributed by atoms with van der Waals surface area (Å²) >= 11 is 1.55. The predicted octanol–water partition coefficient (Wildman–Crippen LogP) is 1.23. The maximum atomic E-state index is 8.88. The van der Waals surface area contributed by atoms with Gasteiger partial charge in [-0.15, -0.1) is 11.8 Å². The van der Waals surface area contributed by atoms with E-state index in [4.69, 9.17) is 14.7 Å². The van der Waals surface area contributed by atoms with Gasteiger partial charge in [0.1, 0.15) is 0 Å². The van der Waals surface area contributed by atoms with Crippen molar-refractivity contribution in [1.82, 2.24) is 5.32 Å². The van der Waals surface area contributed by atoms with E-state index in [1.165, 1.54) is 0 Å². The number of dihydropyridines is 1. The van der Waals surface area contributed by atoms with Crippen LogP contribution in [0, 0.1) is 11.3 Å². The highest BCUT2D eigenvalue weighted by Crippen LogP contribution is 2.24. The fourth-order valence-electron chi connectivity index (χ4n) is 1.34. The largest absolute Gasteiger partial charge is 0.379 e. The number of hydrogen-bond donors (Lipinski definition) is 1. The van der Waals surface area contributed by atoms with E-state index >= 15 is 0 Å². The van der Waals surface area contributed by atoms with Crippen LogP contribution in [-0.2, 0) is 9.47 Å². The fraction of sp³-hybridized carbons (Fsp3) is 0.500. The minimum Gasteiger partial charge on any atom is -0.379 e. The van der Waals surface area contributed by atoms with Gasteiger partial charge in [-0.3, -0.25) is 0 Å². The first-order valence-corrected chi connectivity index (χ1v) is 5.67. The molecule has 82 valence electrons. The molecule has 15 heavy (non-hydrogen) atoms. The van der Waals surface area contributed by atoms with Crippen LogP contribution in [0.2, 0.25) is 0 Å². The molecule has 0 aromatic carbocycles. The quantitative estimate of drug-likeness (QED) is 0.731. The number of rotatable bonds is 4. The maximum Gasteiger partial charge on any atom is 0.198 e. The average molecular weight is 226 g/mol. The van der Waals surface area contributed by atoms with Crippen LogP contribution in [0.15, 0.2) is 22.3 Å². The third-order valence-corrected chi connectivity index (χ3v) is 2.89. The Hall–Kier alpha value is -0.960. The van der Waals surface area contributed by atoms with Gasteiger partial charge in [0.05, 0.1) is 23.9 Å². The number of nitriles is 1. The molecule has 0 aromatic heterocycles. The summed E-state index contributed by atoms with van der Waals surface area (Å²) < 4.78 is 10.3. The highest BCUT2D eigenvalue weighted by Gasteiger charge is 2.18. The summed E-state index contributed by atoms with van der Waals surface area (Å²) in [6, 6.07) is 2.17. The molecule has 1 aliphatic rings. The predicted molar refractivity (Wildman–Crippen MR) is 60.0 cm³/mol. The van der Waals surface area contributed by atoms with Gasteiger partial charge in [-0.25, -0.2) is 0 Å². The van der Waals surface area contributed by atoms with Crippen LogP contribution in [0.4, 0.5) is 0 Å². The SMILES string of the molecule is COC(OC)C1=CC(SC)=C(C#N)CN1. The molecular weight excluding hydrogens is 212 g/mol. The van der Waals surface area contributed by atoms with Crippen LogP contribution in [0.3, 0.4) is 0 Å². The lowest BCUT2D eigenvalue weighted by Crippen LogP contribution is -2.31. The summed E-state index contributed by atoms with van der Waals surface area (Å²) in [5.41, 5.74) is 1.60. The van der Waals surface area contributed by atoms with E-state index in [0.717, 1.165) is 16.2 Å². The highest BCUT2D eigenvalue weighted by atomic mass is 32.2. The van der Waals surface area contributed by atoms with Gasteiger partial charge in [0.15, 0.2) is 6.29 Å². The van der Waals surface area contributed by atoms with Crippen LogP contribution in [-0.4, -0.2) is 33.3 Å².